The van der Waals surface area contributed by atoms with Gasteiger partial charge in [-0.05, 0) is 42.9 Å². The Bertz CT molecular complexity index is 1280. The second-order valence-electron chi connectivity index (χ2n) is 10.4. The van der Waals surface area contributed by atoms with Crippen LogP contribution in [0.4, 0.5) is 11.5 Å². The molecule has 0 radical (unpaired) electrons. The summed E-state index contributed by atoms with van der Waals surface area (Å²) < 4.78 is 12.0. The quantitative estimate of drug-likeness (QED) is 0.395. The number of carbonyl (C=O) groups is 2. The molecule has 39 heavy (non-hydrogen) atoms. The number of rotatable bonds is 13. The molecule has 2 amide bonds. The van der Waals surface area contributed by atoms with Crippen LogP contribution in [-0.2, 0) is 22.6 Å². The molecule has 1 atom stereocenters. The number of hydrogen-bond donors (Lipinski definition) is 2. The van der Waals surface area contributed by atoms with Gasteiger partial charge in [0, 0.05) is 32.6 Å². The number of anilines is 2. The van der Waals surface area contributed by atoms with Gasteiger partial charge in [-0.2, -0.15) is 0 Å². The van der Waals surface area contributed by atoms with Crippen LogP contribution in [0.3, 0.4) is 0 Å². The van der Waals surface area contributed by atoms with Crippen molar-refractivity contribution in [3.05, 3.63) is 44.6 Å². The number of nitrogens with one attached hydrogen (secondary N) is 1. The Labute approximate surface area is 228 Å². The Morgan fingerprint density at radius 2 is 1.87 bits per heavy atom. The highest BCUT2D eigenvalue weighted by Gasteiger charge is 2.38. The lowest BCUT2D eigenvalue weighted by molar-refractivity contribution is -0.128. The number of likely N-dealkylation sites (tertiary alicyclic amines) is 1. The second kappa shape index (κ2) is 13.3. The van der Waals surface area contributed by atoms with Crippen LogP contribution in [0, 0.1) is 11.8 Å². The molecule has 2 aromatic rings. The zero-order valence-corrected chi connectivity index (χ0v) is 23.6. The molecule has 0 spiro atoms. The fourth-order valence-corrected chi connectivity index (χ4v) is 4.77. The number of H-pyrrole nitrogens is 1. The zero-order chi connectivity index (χ0) is 28.7. The van der Waals surface area contributed by atoms with E-state index in [1.54, 1.807) is 19.1 Å². The van der Waals surface area contributed by atoms with Crippen molar-refractivity contribution in [1.82, 2.24) is 14.5 Å². The number of carbonyl (C=O) groups excluding carboxylic acids is 2. The average molecular weight is 544 g/mol. The fourth-order valence-electron chi connectivity index (χ4n) is 4.77. The van der Waals surface area contributed by atoms with Crippen molar-refractivity contribution in [3.8, 4) is 11.5 Å². The van der Waals surface area contributed by atoms with E-state index in [-0.39, 0.29) is 48.7 Å². The van der Waals surface area contributed by atoms with E-state index in [2.05, 4.69) is 4.98 Å². The molecule has 0 saturated carbocycles. The highest BCUT2D eigenvalue weighted by atomic mass is 16.5. The highest BCUT2D eigenvalue weighted by molar-refractivity contribution is 6.00. The van der Waals surface area contributed by atoms with Crippen molar-refractivity contribution in [2.75, 3.05) is 44.5 Å². The predicted octanol–water partition coefficient (Wildman–Crippen LogP) is 2.41. The third-order valence-corrected chi connectivity index (χ3v) is 7.10. The lowest BCUT2D eigenvalue weighted by Gasteiger charge is -2.27. The molecule has 2 heterocycles. The molecule has 0 unspecified atom stereocenters. The highest BCUT2D eigenvalue weighted by Crippen LogP contribution is 2.29. The molecule has 1 aromatic carbocycles. The van der Waals surface area contributed by atoms with Gasteiger partial charge in [0.2, 0.25) is 11.8 Å². The predicted molar refractivity (Wildman–Crippen MR) is 150 cm³/mol. The van der Waals surface area contributed by atoms with Crippen LogP contribution in [0.25, 0.3) is 0 Å². The lowest BCUT2D eigenvalue weighted by Crippen LogP contribution is -2.44. The largest absolute Gasteiger partial charge is 0.493 e. The molecule has 1 aliphatic rings. The van der Waals surface area contributed by atoms with Gasteiger partial charge in [0.25, 0.3) is 5.56 Å². The molecule has 214 valence electrons. The van der Waals surface area contributed by atoms with Gasteiger partial charge >= 0.3 is 5.69 Å². The van der Waals surface area contributed by atoms with E-state index < -0.39 is 17.2 Å². The molecule has 11 heteroatoms. The number of benzene rings is 1. The monoisotopic (exact) mass is 543 g/mol. The van der Waals surface area contributed by atoms with Crippen LogP contribution in [0.2, 0.25) is 0 Å². The summed E-state index contributed by atoms with van der Waals surface area (Å²) in [5.74, 6) is 0.396. The molecule has 0 bridgehead atoms. The van der Waals surface area contributed by atoms with Crippen molar-refractivity contribution in [2.24, 2.45) is 11.8 Å². The van der Waals surface area contributed by atoms with E-state index in [1.165, 1.54) is 9.47 Å². The minimum absolute atomic E-state index is 0.0208. The third-order valence-electron chi connectivity index (χ3n) is 7.10. The summed E-state index contributed by atoms with van der Waals surface area (Å²) in [5, 5.41) is 0. The van der Waals surface area contributed by atoms with Gasteiger partial charge in [-0.15, -0.1) is 0 Å². The maximum Gasteiger partial charge on any atom is 0.330 e. The Kier molecular flexibility index (Phi) is 10.2. The number of nitrogens with two attached hydrogens (primary N) is 1. The van der Waals surface area contributed by atoms with Gasteiger partial charge in [-0.3, -0.25) is 23.9 Å². The summed E-state index contributed by atoms with van der Waals surface area (Å²) in [5.41, 5.74) is 6.00. The molecule has 3 rings (SSSR count). The summed E-state index contributed by atoms with van der Waals surface area (Å²) >= 11 is 0. The number of nitrogens with zero attached hydrogens (tertiary/aromatic N) is 3. The number of amides is 2. The molecule has 0 aliphatic carbocycles. The Hall–Kier alpha value is -3.76. The van der Waals surface area contributed by atoms with Crippen LogP contribution >= 0.6 is 0 Å². The zero-order valence-electron chi connectivity index (χ0n) is 23.6. The van der Waals surface area contributed by atoms with Gasteiger partial charge in [0.1, 0.15) is 5.82 Å². The molecule has 3 N–H and O–H groups in total. The summed E-state index contributed by atoms with van der Waals surface area (Å²) in [7, 11) is 3.14. The van der Waals surface area contributed by atoms with Gasteiger partial charge in [-0.1, -0.05) is 33.3 Å². The standard InChI is InChI=1S/C28H41N5O6/c1-6-7-12-33-25(29)24(26(35)30-28(33)37)32(14-10-18(2)3)27(36)20-16-23(34)31(17-20)13-11-19-8-9-21(38-4)22(15-19)39-5/h8-9,15,18,20H,6-7,10-14,16-17,29H2,1-5H3,(H,30,35,37)/t20-/m0/s1. The summed E-state index contributed by atoms with van der Waals surface area (Å²) in [4.78, 5) is 57.5. The number of hydrogen-bond acceptors (Lipinski definition) is 7. The molecule has 1 aromatic heterocycles. The van der Waals surface area contributed by atoms with Crippen LogP contribution in [0.1, 0.15) is 52.0 Å². The van der Waals surface area contributed by atoms with E-state index in [0.29, 0.717) is 43.9 Å². The van der Waals surface area contributed by atoms with Crippen LogP contribution in [0.15, 0.2) is 27.8 Å². The molecule has 1 fully saturated rings. The van der Waals surface area contributed by atoms with Crippen LogP contribution in [-0.4, -0.2) is 60.1 Å². The SMILES string of the molecule is CCCCn1c(N)c(N(CCC(C)C)C(=O)[C@H]2CC(=O)N(CCc3ccc(OC)c(OC)c3)C2)c(=O)[nH]c1=O. The maximum absolute atomic E-state index is 13.8. The maximum atomic E-state index is 13.8. The Balaban J connectivity index is 1.82. The summed E-state index contributed by atoms with van der Waals surface area (Å²) in [6.07, 6.45) is 2.79. The van der Waals surface area contributed by atoms with Crippen molar-refractivity contribution in [1.29, 1.82) is 0 Å². The molecular weight excluding hydrogens is 502 g/mol. The molecular formula is C28H41N5O6. The minimum atomic E-state index is -0.697. The van der Waals surface area contributed by atoms with Gasteiger partial charge in [0.05, 0.1) is 20.1 Å². The van der Waals surface area contributed by atoms with E-state index >= 15 is 0 Å². The fraction of sp³-hybridized carbons (Fsp3) is 0.571. The number of methoxy groups -OCH3 is 2. The third kappa shape index (κ3) is 7.01. The Morgan fingerprint density at radius 1 is 1.15 bits per heavy atom. The van der Waals surface area contributed by atoms with Gasteiger partial charge in [-0.25, -0.2) is 4.79 Å². The normalized spacial score (nSPS) is 15.2. The summed E-state index contributed by atoms with van der Waals surface area (Å²) in [6.45, 7) is 7.31. The average Bonchev–Trinajstić information content (AvgIpc) is 3.28. The minimum Gasteiger partial charge on any atom is -0.493 e. The number of aromatic amines is 1. The van der Waals surface area contributed by atoms with Crippen LogP contribution < -0.4 is 31.4 Å². The number of unbranched alkanes of at least 4 members (excludes halogenated alkanes) is 1. The van der Waals surface area contributed by atoms with Crippen molar-refractivity contribution < 1.29 is 19.1 Å². The number of ether oxygens (including phenoxy) is 2. The van der Waals surface area contributed by atoms with Crippen molar-refractivity contribution in [2.45, 2.75) is 59.4 Å². The topological polar surface area (TPSA) is 140 Å². The first-order valence-corrected chi connectivity index (χ1v) is 13.5. The van der Waals surface area contributed by atoms with Gasteiger partial charge in [0.15, 0.2) is 17.2 Å². The van der Waals surface area contributed by atoms with E-state index in [4.69, 9.17) is 15.2 Å². The Morgan fingerprint density at radius 3 is 2.51 bits per heavy atom. The second-order valence-corrected chi connectivity index (χ2v) is 10.4. The number of nitrogen functional groups attached to an aromatic ring is 1. The van der Waals surface area contributed by atoms with Crippen molar-refractivity contribution >= 4 is 23.3 Å². The lowest BCUT2D eigenvalue weighted by atomic mass is 10.0. The van der Waals surface area contributed by atoms with E-state index in [1.807, 2.05) is 39.0 Å². The van der Waals surface area contributed by atoms with E-state index in [9.17, 15) is 19.2 Å². The van der Waals surface area contributed by atoms with Crippen LogP contribution in [0.5, 0.6) is 11.5 Å². The first-order chi connectivity index (χ1) is 18.6. The molecule has 1 aliphatic heterocycles. The van der Waals surface area contributed by atoms with Crippen molar-refractivity contribution in [3.63, 3.8) is 0 Å². The number of aromatic nitrogens is 2. The summed E-state index contributed by atoms with van der Waals surface area (Å²) in [6, 6.07) is 5.61. The smallest absolute Gasteiger partial charge is 0.330 e. The molecule has 1 saturated heterocycles. The van der Waals surface area contributed by atoms with Gasteiger partial charge < -0.3 is 25.0 Å². The molecule has 11 nitrogen and oxygen atoms in total. The first-order valence-electron chi connectivity index (χ1n) is 13.5. The van der Waals surface area contributed by atoms with E-state index in [0.717, 1.165) is 12.0 Å². The first kappa shape index (κ1) is 29.8.